The number of rotatable bonds is 2. The minimum atomic E-state index is -0.0565. The Morgan fingerprint density at radius 2 is 2.00 bits per heavy atom. The van der Waals surface area contributed by atoms with Crippen molar-refractivity contribution in [2.75, 3.05) is 18.5 Å². The average Bonchev–Trinajstić information content (AvgIpc) is 2.60. The van der Waals surface area contributed by atoms with Crippen LogP contribution in [0.3, 0.4) is 0 Å². The summed E-state index contributed by atoms with van der Waals surface area (Å²) in [4.78, 5) is 13.9. The first-order valence-corrected chi connectivity index (χ1v) is 6.66. The molecule has 2 rings (SSSR count). The van der Waals surface area contributed by atoms with Crippen molar-refractivity contribution in [1.82, 2.24) is 5.32 Å². The van der Waals surface area contributed by atoms with Crippen LogP contribution in [-0.2, 0) is 4.79 Å². The Balaban J connectivity index is 2.36. The molecule has 86 valence electrons. The molecule has 1 atom stereocenters. The normalized spacial score (nSPS) is 20.6. The van der Waals surface area contributed by atoms with E-state index in [1.54, 1.807) is 0 Å². The maximum absolute atomic E-state index is 12.1. The zero-order valence-electron chi connectivity index (χ0n) is 8.84. The van der Waals surface area contributed by atoms with E-state index in [1.807, 2.05) is 30.1 Å². The van der Waals surface area contributed by atoms with Crippen molar-refractivity contribution >= 4 is 43.5 Å². The smallest absolute Gasteiger partial charge is 0.244 e. The van der Waals surface area contributed by atoms with Gasteiger partial charge in [0.25, 0.3) is 0 Å². The van der Waals surface area contributed by atoms with Gasteiger partial charge in [0.15, 0.2) is 0 Å². The fraction of sp³-hybridized carbons (Fsp3) is 0.364. The van der Waals surface area contributed by atoms with E-state index in [9.17, 15) is 4.79 Å². The van der Waals surface area contributed by atoms with Gasteiger partial charge < -0.3 is 10.2 Å². The number of amides is 1. The minimum absolute atomic E-state index is 0.0565. The number of nitrogens with zero attached hydrogens (tertiary/aromatic N) is 1. The van der Waals surface area contributed by atoms with E-state index in [4.69, 9.17) is 0 Å². The molecule has 5 heteroatoms. The number of anilines is 1. The Labute approximate surface area is 111 Å². The molecule has 0 radical (unpaired) electrons. The van der Waals surface area contributed by atoms with Crippen LogP contribution in [0.15, 0.2) is 27.1 Å². The molecule has 16 heavy (non-hydrogen) atoms. The molecule has 1 fully saturated rings. The fourth-order valence-corrected chi connectivity index (χ4v) is 3.34. The van der Waals surface area contributed by atoms with Crippen LogP contribution in [0.4, 0.5) is 5.69 Å². The highest BCUT2D eigenvalue weighted by atomic mass is 79.9. The summed E-state index contributed by atoms with van der Waals surface area (Å²) in [7, 11) is 1.82. The van der Waals surface area contributed by atoms with Crippen LogP contribution >= 0.6 is 31.9 Å². The van der Waals surface area contributed by atoms with Crippen molar-refractivity contribution in [2.24, 2.45) is 0 Å². The maximum Gasteiger partial charge on any atom is 0.244 e. The number of carbonyl (C=O) groups excluding carboxylic acids is 1. The molecular formula is C11H12Br2N2O. The zero-order chi connectivity index (χ0) is 11.7. The largest absolute Gasteiger partial charge is 0.309 e. The number of para-hydroxylation sites is 1. The maximum atomic E-state index is 12.1. The van der Waals surface area contributed by atoms with E-state index in [2.05, 4.69) is 37.2 Å². The first kappa shape index (κ1) is 12.1. The standard InChI is InChI=1S/C11H12Br2N2O/c1-14-9-5-6-15(11(9)16)10-7(12)3-2-4-8(10)13/h2-4,9,14H,5-6H2,1H3. The van der Waals surface area contributed by atoms with Crippen LogP contribution in [0, 0.1) is 0 Å². The van der Waals surface area contributed by atoms with Gasteiger partial charge in [0.2, 0.25) is 5.91 Å². The first-order chi connectivity index (χ1) is 7.65. The molecule has 0 spiro atoms. The van der Waals surface area contributed by atoms with E-state index >= 15 is 0 Å². The van der Waals surface area contributed by atoms with Crippen molar-refractivity contribution in [3.8, 4) is 0 Å². The molecular weight excluding hydrogens is 336 g/mol. The predicted molar refractivity (Wildman–Crippen MR) is 71.7 cm³/mol. The third-order valence-corrected chi connectivity index (χ3v) is 4.04. The minimum Gasteiger partial charge on any atom is -0.309 e. The lowest BCUT2D eigenvalue weighted by molar-refractivity contribution is -0.118. The average molecular weight is 348 g/mol. The molecule has 1 saturated heterocycles. The fourth-order valence-electron chi connectivity index (χ4n) is 1.92. The Bertz CT molecular complexity index is 402. The van der Waals surface area contributed by atoms with Gasteiger partial charge in [-0.05, 0) is 57.5 Å². The van der Waals surface area contributed by atoms with Crippen molar-refractivity contribution in [2.45, 2.75) is 12.5 Å². The van der Waals surface area contributed by atoms with E-state index in [1.165, 1.54) is 0 Å². The number of carbonyl (C=O) groups is 1. The molecule has 0 aromatic heterocycles. The highest BCUT2D eigenvalue weighted by Gasteiger charge is 2.33. The van der Waals surface area contributed by atoms with Gasteiger partial charge in [-0.3, -0.25) is 4.79 Å². The molecule has 1 aliphatic rings. The van der Waals surface area contributed by atoms with Crippen molar-refractivity contribution in [1.29, 1.82) is 0 Å². The summed E-state index contributed by atoms with van der Waals surface area (Å²) in [5.41, 5.74) is 0.922. The molecule has 1 heterocycles. The second-order valence-corrected chi connectivity index (χ2v) is 5.40. The summed E-state index contributed by atoms with van der Waals surface area (Å²) in [6, 6.07) is 5.77. The van der Waals surface area contributed by atoms with Crippen LogP contribution in [0.2, 0.25) is 0 Å². The summed E-state index contributed by atoms with van der Waals surface area (Å²) in [6.07, 6.45) is 0.850. The van der Waals surface area contributed by atoms with Crippen molar-refractivity contribution in [3.05, 3.63) is 27.1 Å². The van der Waals surface area contributed by atoms with Crippen LogP contribution in [0.1, 0.15) is 6.42 Å². The quantitative estimate of drug-likeness (QED) is 0.891. The Hall–Kier alpha value is -0.390. The van der Waals surface area contributed by atoms with Crippen LogP contribution in [0.5, 0.6) is 0 Å². The molecule has 1 aliphatic heterocycles. The van der Waals surface area contributed by atoms with Gasteiger partial charge in [0, 0.05) is 15.5 Å². The number of benzene rings is 1. The lowest BCUT2D eigenvalue weighted by atomic mass is 10.2. The number of hydrogen-bond donors (Lipinski definition) is 1. The van der Waals surface area contributed by atoms with Crippen LogP contribution in [0.25, 0.3) is 0 Å². The predicted octanol–water partition coefficient (Wildman–Crippen LogP) is 2.54. The van der Waals surface area contributed by atoms with E-state index < -0.39 is 0 Å². The Kier molecular flexibility index (Phi) is 3.66. The van der Waals surface area contributed by atoms with Gasteiger partial charge in [-0.2, -0.15) is 0 Å². The number of hydrogen-bond acceptors (Lipinski definition) is 2. The Morgan fingerprint density at radius 3 is 2.50 bits per heavy atom. The SMILES string of the molecule is CNC1CCN(c2c(Br)cccc2Br)C1=O. The second-order valence-electron chi connectivity index (χ2n) is 3.69. The van der Waals surface area contributed by atoms with Crippen LogP contribution < -0.4 is 10.2 Å². The summed E-state index contributed by atoms with van der Waals surface area (Å²) in [5, 5.41) is 3.03. The zero-order valence-corrected chi connectivity index (χ0v) is 12.0. The second kappa shape index (κ2) is 4.85. The molecule has 1 aromatic rings. The van der Waals surface area contributed by atoms with Gasteiger partial charge in [-0.25, -0.2) is 0 Å². The lowest BCUT2D eigenvalue weighted by Crippen LogP contribution is -2.36. The highest BCUT2D eigenvalue weighted by molar-refractivity contribution is 9.11. The number of nitrogens with one attached hydrogen (secondary N) is 1. The van der Waals surface area contributed by atoms with Gasteiger partial charge in [-0.1, -0.05) is 6.07 Å². The van der Waals surface area contributed by atoms with Gasteiger partial charge in [-0.15, -0.1) is 0 Å². The summed E-state index contributed by atoms with van der Waals surface area (Å²) >= 11 is 6.96. The Morgan fingerprint density at radius 1 is 1.38 bits per heavy atom. The van der Waals surface area contributed by atoms with Crippen LogP contribution in [-0.4, -0.2) is 25.5 Å². The van der Waals surface area contributed by atoms with Crippen molar-refractivity contribution < 1.29 is 4.79 Å². The summed E-state index contributed by atoms with van der Waals surface area (Å²) in [6.45, 7) is 0.756. The molecule has 1 unspecified atom stereocenters. The molecule has 0 saturated carbocycles. The third kappa shape index (κ3) is 2.04. The number of likely N-dealkylation sites (N-methyl/N-ethyl adjacent to an activating group) is 1. The molecule has 1 aromatic carbocycles. The topological polar surface area (TPSA) is 32.3 Å². The highest BCUT2D eigenvalue weighted by Crippen LogP contribution is 2.36. The molecule has 0 bridgehead atoms. The summed E-state index contributed by atoms with van der Waals surface area (Å²) < 4.78 is 1.87. The molecule has 3 nitrogen and oxygen atoms in total. The molecule has 1 amide bonds. The van der Waals surface area contributed by atoms with Gasteiger partial charge in [0.05, 0.1) is 11.7 Å². The number of halogens is 2. The lowest BCUT2D eigenvalue weighted by Gasteiger charge is -2.19. The van der Waals surface area contributed by atoms with E-state index in [0.717, 1.165) is 27.6 Å². The van der Waals surface area contributed by atoms with Gasteiger partial charge in [0.1, 0.15) is 0 Å². The van der Waals surface area contributed by atoms with Gasteiger partial charge >= 0.3 is 0 Å². The third-order valence-electron chi connectivity index (χ3n) is 2.76. The monoisotopic (exact) mass is 346 g/mol. The summed E-state index contributed by atoms with van der Waals surface area (Å²) in [5.74, 6) is 0.134. The first-order valence-electron chi connectivity index (χ1n) is 5.08. The molecule has 0 aliphatic carbocycles. The molecule has 1 N–H and O–H groups in total. The van der Waals surface area contributed by atoms with E-state index in [-0.39, 0.29) is 11.9 Å². The van der Waals surface area contributed by atoms with E-state index in [0.29, 0.717) is 0 Å². The van der Waals surface area contributed by atoms with Crippen molar-refractivity contribution in [3.63, 3.8) is 0 Å².